The van der Waals surface area contributed by atoms with Crippen molar-refractivity contribution in [3.63, 3.8) is 0 Å². The molecular weight excluding hydrogens is 250 g/mol. The van der Waals surface area contributed by atoms with Crippen molar-refractivity contribution < 1.29 is 4.74 Å². The molecule has 106 valence electrons. The van der Waals surface area contributed by atoms with Crippen LogP contribution in [-0.4, -0.2) is 24.4 Å². The Morgan fingerprint density at radius 3 is 2.90 bits per heavy atom. The monoisotopic (exact) mass is 271 g/mol. The molecule has 0 radical (unpaired) electrons. The lowest BCUT2D eigenvalue weighted by Gasteiger charge is -2.07. The van der Waals surface area contributed by atoms with E-state index in [1.807, 2.05) is 37.4 Å². The maximum absolute atomic E-state index is 6.05. The van der Waals surface area contributed by atoms with E-state index < -0.39 is 0 Å². The molecule has 0 atom stereocenters. The molecule has 2 rings (SSSR count). The van der Waals surface area contributed by atoms with E-state index in [0.29, 0.717) is 5.82 Å². The zero-order chi connectivity index (χ0) is 14.5. The summed E-state index contributed by atoms with van der Waals surface area (Å²) in [7, 11) is 1.67. The molecule has 1 aromatic carbocycles. The predicted molar refractivity (Wildman–Crippen MR) is 84.6 cm³/mol. The van der Waals surface area contributed by atoms with Gasteiger partial charge in [0.15, 0.2) is 0 Å². The smallest absolute Gasteiger partial charge is 0.119 e. The summed E-state index contributed by atoms with van der Waals surface area (Å²) in [6.45, 7) is 4.92. The number of H-pyrrole nitrogens is 1. The van der Waals surface area contributed by atoms with Crippen LogP contribution in [0.5, 0.6) is 5.75 Å². The first kappa shape index (κ1) is 14.2. The second-order valence-electron chi connectivity index (χ2n) is 4.69. The number of nitrogens with one attached hydrogen (secondary N) is 1. The van der Waals surface area contributed by atoms with Crippen LogP contribution in [0.3, 0.4) is 0 Å². The van der Waals surface area contributed by atoms with Crippen LogP contribution < -0.4 is 10.5 Å². The first-order chi connectivity index (χ1) is 9.67. The number of benzene rings is 1. The Morgan fingerprint density at radius 2 is 2.20 bits per heavy atom. The third-order valence-electron chi connectivity index (χ3n) is 3.23. The Hall–Kier alpha value is -2.23. The molecule has 0 fully saturated rings. The Labute approximate surface area is 119 Å². The van der Waals surface area contributed by atoms with Gasteiger partial charge in [-0.15, -0.1) is 0 Å². The zero-order valence-electron chi connectivity index (χ0n) is 12.2. The third kappa shape index (κ3) is 2.85. The Balaban J connectivity index is 2.47. The van der Waals surface area contributed by atoms with E-state index in [-0.39, 0.29) is 0 Å². The minimum absolute atomic E-state index is 0.653. The van der Waals surface area contributed by atoms with Gasteiger partial charge in [0.1, 0.15) is 11.6 Å². The molecule has 0 bridgehead atoms. The van der Waals surface area contributed by atoms with E-state index in [2.05, 4.69) is 16.9 Å². The van der Waals surface area contributed by atoms with Gasteiger partial charge in [0.05, 0.1) is 7.11 Å². The van der Waals surface area contributed by atoms with Crippen molar-refractivity contribution in [2.75, 3.05) is 19.4 Å². The molecule has 4 nitrogen and oxygen atoms in total. The summed E-state index contributed by atoms with van der Waals surface area (Å²) in [5.41, 5.74) is 10.1. The van der Waals surface area contributed by atoms with Gasteiger partial charge in [-0.1, -0.05) is 19.1 Å². The van der Waals surface area contributed by atoms with Crippen LogP contribution in [0, 0.1) is 0 Å². The molecule has 0 saturated heterocycles. The number of hydrogen-bond acceptors (Lipinski definition) is 3. The number of anilines is 1. The zero-order valence-corrected chi connectivity index (χ0v) is 12.2. The number of rotatable bonds is 5. The number of nitrogens with zero attached hydrogens (tertiary/aromatic N) is 1. The molecule has 0 saturated carbocycles. The maximum Gasteiger partial charge on any atom is 0.119 e. The molecule has 1 heterocycles. The average molecular weight is 271 g/mol. The van der Waals surface area contributed by atoms with E-state index in [0.717, 1.165) is 41.1 Å². The van der Waals surface area contributed by atoms with E-state index in [9.17, 15) is 0 Å². The lowest BCUT2D eigenvalue weighted by molar-refractivity contribution is 0.415. The van der Waals surface area contributed by atoms with Gasteiger partial charge >= 0.3 is 0 Å². The fraction of sp³-hybridized carbons (Fsp3) is 0.312. The molecule has 0 spiro atoms. The molecule has 20 heavy (non-hydrogen) atoms. The minimum Gasteiger partial charge on any atom is -0.497 e. The van der Waals surface area contributed by atoms with Gasteiger partial charge in [-0.2, -0.15) is 0 Å². The second-order valence-corrected chi connectivity index (χ2v) is 4.69. The quantitative estimate of drug-likeness (QED) is 0.818. The molecule has 0 aliphatic heterocycles. The highest BCUT2D eigenvalue weighted by molar-refractivity contribution is 6.08. The van der Waals surface area contributed by atoms with Gasteiger partial charge in [-0.3, -0.25) is 4.99 Å². The summed E-state index contributed by atoms with van der Waals surface area (Å²) in [6, 6.07) is 7.94. The average Bonchev–Trinajstić information content (AvgIpc) is 2.86. The molecular formula is C16H21N3O. The molecule has 0 aliphatic carbocycles. The number of ether oxygens (including phenoxy) is 1. The van der Waals surface area contributed by atoms with Gasteiger partial charge in [-0.25, -0.2) is 0 Å². The Kier molecular flexibility index (Phi) is 4.45. The lowest BCUT2D eigenvalue weighted by atomic mass is 10.0. The van der Waals surface area contributed by atoms with Crippen LogP contribution in [0.15, 0.2) is 35.5 Å². The van der Waals surface area contributed by atoms with Crippen molar-refractivity contribution in [1.29, 1.82) is 0 Å². The summed E-state index contributed by atoms with van der Waals surface area (Å²) in [6.07, 6.45) is 2.95. The first-order valence-electron chi connectivity index (χ1n) is 6.80. The largest absolute Gasteiger partial charge is 0.497 e. The second kappa shape index (κ2) is 6.28. The SMILES string of the molecule is CCCN=C(C)c1c(-c2cccc(OC)c2)c[nH]c1N. The highest BCUT2D eigenvalue weighted by atomic mass is 16.5. The van der Waals surface area contributed by atoms with E-state index in [1.165, 1.54) is 0 Å². The normalized spacial score (nSPS) is 11.7. The van der Waals surface area contributed by atoms with Crippen molar-refractivity contribution in [3.8, 4) is 16.9 Å². The number of aliphatic imine (C=N–C) groups is 1. The van der Waals surface area contributed by atoms with E-state index in [1.54, 1.807) is 7.11 Å². The van der Waals surface area contributed by atoms with Crippen LogP contribution in [0.25, 0.3) is 11.1 Å². The molecule has 0 unspecified atom stereocenters. The van der Waals surface area contributed by atoms with Gasteiger partial charge in [-0.05, 0) is 31.0 Å². The number of methoxy groups -OCH3 is 1. The maximum atomic E-state index is 6.05. The molecule has 0 amide bonds. The number of aromatic amines is 1. The molecule has 3 N–H and O–H groups in total. The highest BCUT2D eigenvalue weighted by Gasteiger charge is 2.14. The van der Waals surface area contributed by atoms with Crippen LogP contribution in [0.4, 0.5) is 5.82 Å². The van der Waals surface area contributed by atoms with Gasteiger partial charge < -0.3 is 15.5 Å². The van der Waals surface area contributed by atoms with Crippen molar-refractivity contribution >= 4 is 11.5 Å². The summed E-state index contributed by atoms with van der Waals surface area (Å²) in [5.74, 6) is 1.48. The molecule has 0 aliphatic rings. The van der Waals surface area contributed by atoms with Crippen molar-refractivity contribution in [1.82, 2.24) is 4.98 Å². The highest BCUT2D eigenvalue weighted by Crippen LogP contribution is 2.30. The van der Waals surface area contributed by atoms with Crippen LogP contribution in [0.2, 0.25) is 0 Å². The van der Waals surface area contributed by atoms with E-state index in [4.69, 9.17) is 10.5 Å². The number of hydrogen-bond donors (Lipinski definition) is 2. The number of nitrogens with two attached hydrogens (primary N) is 1. The van der Waals surface area contributed by atoms with Crippen molar-refractivity contribution in [3.05, 3.63) is 36.0 Å². The molecule has 2 aromatic rings. The summed E-state index contributed by atoms with van der Waals surface area (Å²) in [5, 5.41) is 0. The standard InChI is InChI=1S/C16H21N3O/c1-4-8-18-11(2)15-14(10-19-16(15)17)12-6-5-7-13(9-12)20-3/h5-7,9-10,19H,4,8,17H2,1-3H3. The number of aromatic nitrogens is 1. The fourth-order valence-electron chi connectivity index (χ4n) is 2.21. The summed E-state index contributed by atoms with van der Waals surface area (Å²) in [4.78, 5) is 7.65. The third-order valence-corrected chi connectivity index (χ3v) is 3.23. The van der Waals surface area contributed by atoms with Crippen LogP contribution >= 0.6 is 0 Å². The van der Waals surface area contributed by atoms with Crippen LogP contribution in [0.1, 0.15) is 25.8 Å². The summed E-state index contributed by atoms with van der Waals surface area (Å²) < 4.78 is 5.28. The predicted octanol–water partition coefficient (Wildman–Crippen LogP) is 3.49. The van der Waals surface area contributed by atoms with Crippen molar-refractivity contribution in [2.45, 2.75) is 20.3 Å². The van der Waals surface area contributed by atoms with Gasteiger partial charge in [0.25, 0.3) is 0 Å². The van der Waals surface area contributed by atoms with Gasteiger partial charge in [0.2, 0.25) is 0 Å². The van der Waals surface area contributed by atoms with E-state index >= 15 is 0 Å². The fourth-order valence-corrected chi connectivity index (χ4v) is 2.21. The lowest BCUT2D eigenvalue weighted by Crippen LogP contribution is -2.01. The topological polar surface area (TPSA) is 63.4 Å². The Morgan fingerprint density at radius 1 is 1.40 bits per heavy atom. The minimum atomic E-state index is 0.653. The molecule has 4 heteroatoms. The molecule has 1 aromatic heterocycles. The van der Waals surface area contributed by atoms with Crippen LogP contribution in [-0.2, 0) is 0 Å². The number of nitrogen functional groups attached to an aromatic ring is 1. The van der Waals surface area contributed by atoms with Crippen molar-refractivity contribution in [2.24, 2.45) is 4.99 Å². The van der Waals surface area contributed by atoms with Gasteiger partial charge in [0, 0.05) is 29.6 Å². The first-order valence-corrected chi connectivity index (χ1v) is 6.80. The summed E-state index contributed by atoms with van der Waals surface area (Å²) >= 11 is 0. The Bertz CT molecular complexity index is 614.